The summed E-state index contributed by atoms with van der Waals surface area (Å²) in [5.41, 5.74) is 10.5. The van der Waals surface area contributed by atoms with Crippen LogP contribution < -0.4 is 0 Å². The number of hydrogen-bond donors (Lipinski definition) is 2. The zero-order valence-corrected chi connectivity index (χ0v) is 22.6. The van der Waals surface area contributed by atoms with Crippen molar-refractivity contribution in [3.05, 3.63) is 100 Å². The lowest BCUT2D eigenvalue weighted by molar-refractivity contribution is -0.134. The third kappa shape index (κ3) is 8.94. The van der Waals surface area contributed by atoms with E-state index in [1.165, 1.54) is 38.9 Å². The number of carboxylic acids is 2. The number of aromatic nitrogens is 1. The van der Waals surface area contributed by atoms with Crippen LogP contribution in [-0.4, -0.2) is 63.1 Å². The Labute approximate surface area is 225 Å². The van der Waals surface area contributed by atoms with E-state index < -0.39 is 11.9 Å². The van der Waals surface area contributed by atoms with Crippen LogP contribution in [0.1, 0.15) is 33.4 Å². The summed E-state index contributed by atoms with van der Waals surface area (Å²) in [5.74, 6) is -2.51. The first-order valence-electron chi connectivity index (χ1n) is 12.8. The molecule has 7 heteroatoms. The second-order valence-corrected chi connectivity index (χ2v) is 9.84. The van der Waals surface area contributed by atoms with Gasteiger partial charge in [-0.15, -0.1) is 0 Å². The molecule has 1 aliphatic rings. The van der Waals surface area contributed by atoms with Crippen LogP contribution in [-0.2, 0) is 22.7 Å². The zero-order chi connectivity index (χ0) is 27.7. The van der Waals surface area contributed by atoms with Gasteiger partial charge in [0, 0.05) is 63.2 Å². The molecular weight excluding hydrogens is 478 g/mol. The number of pyridine rings is 1. The standard InChI is InChI=1S/C27H33N3.C4H4O4/c1-20-6-5-7-24(14-20)18-29-10-12-30(13-11-29)19-25-8-9-28-27(17-25)26-15-21(2)23(4)22(3)16-26;5-3(6)1-2-4(7)8/h5-9,14-17H,10-13,18-19H2,1-4H3;1-2H,(H,5,6)(H,7,8)/b;2-1-. The lowest BCUT2D eigenvalue weighted by Crippen LogP contribution is -2.45. The molecule has 1 fully saturated rings. The fraction of sp³-hybridized carbons (Fsp3) is 0.323. The molecule has 38 heavy (non-hydrogen) atoms. The summed E-state index contributed by atoms with van der Waals surface area (Å²) < 4.78 is 0. The van der Waals surface area contributed by atoms with E-state index >= 15 is 0 Å². The summed E-state index contributed by atoms with van der Waals surface area (Å²) in [6.07, 6.45) is 3.08. The van der Waals surface area contributed by atoms with Crippen molar-refractivity contribution in [3.63, 3.8) is 0 Å². The Kier molecular flexibility index (Phi) is 10.3. The molecule has 2 heterocycles. The van der Waals surface area contributed by atoms with Crippen LogP contribution in [0.15, 0.2) is 66.9 Å². The van der Waals surface area contributed by atoms with Gasteiger partial charge in [0.15, 0.2) is 0 Å². The molecule has 7 nitrogen and oxygen atoms in total. The van der Waals surface area contributed by atoms with Crippen molar-refractivity contribution in [2.24, 2.45) is 0 Å². The Morgan fingerprint density at radius 3 is 1.82 bits per heavy atom. The van der Waals surface area contributed by atoms with Gasteiger partial charge < -0.3 is 10.2 Å². The molecule has 2 aromatic carbocycles. The summed E-state index contributed by atoms with van der Waals surface area (Å²) in [4.78, 5) is 28.9. The first-order chi connectivity index (χ1) is 18.1. The number of aliphatic carboxylic acids is 2. The average molecular weight is 516 g/mol. The van der Waals surface area contributed by atoms with E-state index in [4.69, 9.17) is 10.2 Å². The van der Waals surface area contributed by atoms with Gasteiger partial charge in [0.25, 0.3) is 0 Å². The molecule has 0 atom stereocenters. The molecule has 3 aromatic rings. The van der Waals surface area contributed by atoms with Crippen molar-refractivity contribution in [2.75, 3.05) is 26.2 Å². The maximum absolute atomic E-state index is 9.55. The van der Waals surface area contributed by atoms with Crippen molar-refractivity contribution >= 4 is 11.9 Å². The zero-order valence-electron chi connectivity index (χ0n) is 22.6. The van der Waals surface area contributed by atoms with Gasteiger partial charge in [-0.3, -0.25) is 14.8 Å². The molecule has 1 saturated heterocycles. The highest BCUT2D eigenvalue weighted by atomic mass is 16.4. The van der Waals surface area contributed by atoms with Crippen LogP contribution in [0.3, 0.4) is 0 Å². The monoisotopic (exact) mass is 515 g/mol. The molecule has 1 aliphatic heterocycles. The summed E-state index contributed by atoms with van der Waals surface area (Å²) >= 11 is 0. The van der Waals surface area contributed by atoms with Crippen LogP contribution in [0.25, 0.3) is 11.3 Å². The second kappa shape index (κ2) is 13.7. The van der Waals surface area contributed by atoms with Gasteiger partial charge in [0.1, 0.15) is 0 Å². The number of rotatable bonds is 7. The minimum atomic E-state index is -1.26. The highest BCUT2D eigenvalue weighted by Gasteiger charge is 2.17. The quantitative estimate of drug-likeness (QED) is 0.427. The molecular formula is C31H37N3O4. The predicted octanol–water partition coefficient (Wildman–Crippen LogP) is 5.01. The SMILES string of the molecule is Cc1cccc(CN2CCN(Cc3ccnc(-c4cc(C)c(C)c(C)c4)c3)CC2)c1.O=C(O)/C=C\C(=O)O. The van der Waals surface area contributed by atoms with E-state index in [-0.39, 0.29) is 0 Å². The minimum absolute atomic E-state index is 0.558. The average Bonchev–Trinajstić information content (AvgIpc) is 2.87. The number of carboxylic acid groups (broad SMARTS) is 2. The molecule has 0 spiro atoms. The van der Waals surface area contributed by atoms with Gasteiger partial charge in [-0.05, 0) is 79.8 Å². The molecule has 0 amide bonds. The maximum Gasteiger partial charge on any atom is 0.328 e. The summed E-state index contributed by atoms with van der Waals surface area (Å²) in [6, 6.07) is 17.8. The summed E-state index contributed by atoms with van der Waals surface area (Å²) in [5, 5.41) is 15.6. The Hall–Kier alpha value is -3.81. The Morgan fingerprint density at radius 1 is 0.789 bits per heavy atom. The van der Waals surface area contributed by atoms with Crippen molar-refractivity contribution in [1.82, 2.24) is 14.8 Å². The number of piperazine rings is 1. The molecule has 0 unspecified atom stereocenters. The summed E-state index contributed by atoms with van der Waals surface area (Å²) in [6.45, 7) is 15.3. The fourth-order valence-electron chi connectivity index (χ4n) is 4.49. The lowest BCUT2D eigenvalue weighted by atomic mass is 9.98. The number of hydrogen-bond acceptors (Lipinski definition) is 5. The third-order valence-corrected chi connectivity index (χ3v) is 6.78. The van der Waals surface area contributed by atoms with E-state index in [2.05, 4.69) is 91.0 Å². The Morgan fingerprint density at radius 2 is 1.32 bits per heavy atom. The largest absolute Gasteiger partial charge is 0.478 e. The minimum Gasteiger partial charge on any atom is -0.478 e. The Balaban J connectivity index is 0.000000436. The molecule has 4 rings (SSSR count). The number of aryl methyl sites for hydroxylation is 3. The van der Waals surface area contributed by atoms with Gasteiger partial charge in [0.05, 0.1) is 5.69 Å². The van der Waals surface area contributed by atoms with Crippen molar-refractivity contribution in [2.45, 2.75) is 40.8 Å². The van der Waals surface area contributed by atoms with E-state index in [1.54, 1.807) is 0 Å². The van der Waals surface area contributed by atoms with Crippen molar-refractivity contribution in [1.29, 1.82) is 0 Å². The fourth-order valence-corrected chi connectivity index (χ4v) is 4.49. The summed E-state index contributed by atoms with van der Waals surface area (Å²) in [7, 11) is 0. The van der Waals surface area contributed by atoms with Crippen molar-refractivity contribution < 1.29 is 19.8 Å². The van der Waals surface area contributed by atoms with Gasteiger partial charge in [-0.2, -0.15) is 0 Å². The van der Waals surface area contributed by atoms with Crippen LogP contribution in [0, 0.1) is 27.7 Å². The normalized spacial score (nSPS) is 14.2. The van der Waals surface area contributed by atoms with Crippen LogP contribution in [0.4, 0.5) is 0 Å². The Bertz CT molecular complexity index is 1250. The molecule has 1 aromatic heterocycles. The molecule has 2 N–H and O–H groups in total. The first kappa shape index (κ1) is 28.8. The molecule has 0 radical (unpaired) electrons. The van der Waals surface area contributed by atoms with Crippen molar-refractivity contribution in [3.8, 4) is 11.3 Å². The first-order valence-corrected chi connectivity index (χ1v) is 12.8. The predicted molar refractivity (Wildman–Crippen MR) is 150 cm³/mol. The number of carbonyl (C=O) groups is 2. The lowest BCUT2D eigenvalue weighted by Gasteiger charge is -2.34. The highest BCUT2D eigenvalue weighted by molar-refractivity contribution is 5.89. The molecule has 0 bridgehead atoms. The third-order valence-electron chi connectivity index (χ3n) is 6.78. The number of benzene rings is 2. The van der Waals surface area contributed by atoms with Gasteiger partial charge in [0.2, 0.25) is 0 Å². The topological polar surface area (TPSA) is 94.0 Å². The number of nitrogens with zero attached hydrogens (tertiary/aromatic N) is 3. The van der Waals surface area contributed by atoms with Gasteiger partial charge in [-0.1, -0.05) is 29.8 Å². The van der Waals surface area contributed by atoms with Crippen LogP contribution in [0.2, 0.25) is 0 Å². The smallest absolute Gasteiger partial charge is 0.328 e. The molecule has 0 aliphatic carbocycles. The van der Waals surface area contributed by atoms with Gasteiger partial charge in [-0.25, -0.2) is 9.59 Å². The highest BCUT2D eigenvalue weighted by Crippen LogP contribution is 2.24. The van der Waals surface area contributed by atoms with E-state index in [0.29, 0.717) is 12.2 Å². The maximum atomic E-state index is 9.55. The van der Waals surface area contributed by atoms with E-state index in [0.717, 1.165) is 45.0 Å². The van der Waals surface area contributed by atoms with Crippen LogP contribution >= 0.6 is 0 Å². The second-order valence-electron chi connectivity index (χ2n) is 9.84. The molecule has 0 saturated carbocycles. The van der Waals surface area contributed by atoms with E-state index in [1.807, 2.05) is 6.20 Å². The van der Waals surface area contributed by atoms with E-state index in [9.17, 15) is 9.59 Å². The molecule has 200 valence electrons. The van der Waals surface area contributed by atoms with Crippen LogP contribution in [0.5, 0.6) is 0 Å². The van der Waals surface area contributed by atoms with Gasteiger partial charge >= 0.3 is 11.9 Å².